The molecule has 0 N–H and O–H groups in total. The molecule has 0 saturated heterocycles. The van der Waals surface area contributed by atoms with E-state index in [0.717, 1.165) is 10.0 Å². The van der Waals surface area contributed by atoms with Gasteiger partial charge in [-0.1, -0.05) is 34.1 Å². The number of hydrogen-bond acceptors (Lipinski definition) is 3. The number of ether oxygens (including phenoxy) is 2. The summed E-state index contributed by atoms with van der Waals surface area (Å²) >= 11 is 3.40. The molecule has 108 valence electrons. The van der Waals surface area contributed by atoms with Crippen LogP contribution in [0.4, 0.5) is 0 Å². The molecule has 0 fully saturated rings. The highest BCUT2D eigenvalue weighted by molar-refractivity contribution is 9.10. The van der Waals surface area contributed by atoms with Crippen molar-refractivity contribution in [3.05, 3.63) is 64.1 Å². The standard InChI is InChI=1S/C17H15BrO3/c1-20-14-7-8-15(17(11-14)21-2)16(19)9-6-12-4-3-5-13(18)10-12/h3-11H,1-2H3. The molecule has 21 heavy (non-hydrogen) atoms. The van der Waals surface area contributed by atoms with Gasteiger partial charge in [0.1, 0.15) is 11.5 Å². The Morgan fingerprint density at radius 2 is 1.90 bits per heavy atom. The van der Waals surface area contributed by atoms with E-state index in [9.17, 15) is 4.79 Å². The van der Waals surface area contributed by atoms with Gasteiger partial charge in [-0.05, 0) is 35.9 Å². The number of carbonyl (C=O) groups excluding carboxylic acids is 1. The van der Waals surface area contributed by atoms with Crippen LogP contribution in [0.5, 0.6) is 11.5 Å². The van der Waals surface area contributed by atoms with E-state index >= 15 is 0 Å². The summed E-state index contributed by atoms with van der Waals surface area (Å²) in [6.45, 7) is 0. The predicted molar refractivity (Wildman–Crippen MR) is 87.1 cm³/mol. The normalized spacial score (nSPS) is 10.6. The van der Waals surface area contributed by atoms with Gasteiger partial charge < -0.3 is 9.47 Å². The number of halogens is 1. The minimum Gasteiger partial charge on any atom is -0.497 e. The quantitative estimate of drug-likeness (QED) is 0.595. The summed E-state index contributed by atoms with van der Waals surface area (Å²) in [5.74, 6) is 1.03. The van der Waals surface area contributed by atoms with E-state index in [1.165, 1.54) is 13.2 Å². The molecule has 0 radical (unpaired) electrons. The van der Waals surface area contributed by atoms with Crippen LogP contribution in [0, 0.1) is 0 Å². The predicted octanol–water partition coefficient (Wildman–Crippen LogP) is 4.36. The van der Waals surface area contributed by atoms with Crippen LogP contribution in [0.25, 0.3) is 6.08 Å². The molecule has 0 aliphatic carbocycles. The van der Waals surface area contributed by atoms with Crippen molar-refractivity contribution in [1.82, 2.24) is 0 Å². The molecule has 0 spiro atoms. The number of ketones is 1. The van der Waals surface area contributed by atoms with Crippen LogP contribution in [0.1, 0.15) is 15.9 Å². The summed E-state index contributed by atoms with van der Waals surface area (Å²) < 4.78 is 11.3. The zero-order chi connectivity index (χ0) is 15.2. The van der Waals surface area contributed by atoms with Crippen molar-refractivity contribution in [1.29, 1.82) is 0 Å². The molecular weight excluding hydrogens is 332 g/mol. The third-order valence-electron chi connectivity index (χ3n) is 2.95. The second kappa shape index (κ2) is 7.09. The molecule has 2 rings (SSSR count). The van der Waals surface area contributed by atoms with Gasteiger partial charge in [-0.2, -0.15) is 0 Å². The fourth-order valence-electron chi connectivity index (χ4n) is 1.87. The van der Waals surface area contributed by atoms with Gasteiger partial charge in [-0.25, -0.2) is 0 Å². The number of hydrogen-bond donors (Lipinski definition) is 0. The maximum absolute atomic E-state index is 12.3. The molecule has 2 aromatic rings. The summed E-state index contributed by atoms with van der Waals surface area (Å²) in [5, 5.41) is 0. The lowest BCUT2D eigenvalue weighted by Gasteiger charge is -2.07. The zero-order valence-electron chi connectivity index (χ0n) is 11.8. The number of allylic oxidation sites excluding steroid dienone is 1. The first-order chi connectivity index (χ1) is 10.1. The van der Waals surface area contributed by atoms with Gasteiger partial charge in [0.15, 0.2) is 5.78 Å². The van der Waals surface area contributed by atoms with E-state index in [1.807, 2.05) is 24.3 Å². The molecule has 2 aromatic carbocycles. The molecule has 3 nitrogen and oxygen atoms in total. The van der Waals surface area contributed by atoms with Crippen molar-refractivity contribution in [3.8, 4) is 11.5 Å². The Hall–Kier alpha value is -2.07. The summed E-state index contributed by atoms with van der Waals surface area (Å²) in [6, 6.07) is 12.9. The molecule has 0 amide bonds. The van der Waals surface area contributed by atoms with E-state index in [-0.39, 0.29) is 5.78 Å². The minimum atomic E-state index is -0.116. The summed E-state index contributed by atoms with van der Waals surface area (Å²) in [5.41, 5.74) is 1.45. The number of benzene rings is 2. The highest BCUT2D eigenvalue weighted by Crippen LogP contribution is 2.25. The summed E-state index contributed by atoms with van der Waals surface area (Å²) in [6.07, 6.45) is 3.31. The van der Waals surface area contributed by atoms with Crippen molar-refractivity contribution in [2.45, 2.75) is 0 Å². The molecule has 0 atom stereocenters. The third kappa shape index (κ3) is 3.95. The molecule has 4 heteroatoms. The second-order valence-corrected chi connectivity index (χ2v) is 5.23. The van der Waals surface area contributed by atoms with Crippen molar-refractivity contribution in [2.24, 2.45) is 0 Å². The van der Waals surface area contributed by atoms with E-state index in [4.69, 9.17) is 9.47 Å². The van der Waals surface area contributed by atoms with Gasteiger partial charge >= 0.3 is 0 Å². The first kappa shape index (κ1) is 15.3. The molecule has 0 aliphatic heterocycles. The topological polar surface area (TPSA) is 35.5 Å². The molecular formula is C17H15BrO3. The first-order valence-electron chi connectivity index (χ1n) is 6.34. The van der Waals surface area contributed by atoms with Gasteiger partial charge in [-0.15, -0.1) is 0 Å². The van der Waals surface area contributed by atoms with Crippen LogP contribution in [-0.4, -0.2) is 20.0 Å². The minimum absolute atomic E-state index is 0.116. The Morgan fingerprint density at radius 1 is 1.10 bits per heavy atom. The third-order valence-corrected chi connectivity index (χ3v) is 3.44. The van der Waals surface area contributed by atoms with Crippen LogP contribution in [0.2, 0.25) is 0 Å². The lowest BCUT2D eigenvalue weighted by Crippen LogP contribution is -1.99. The highest BCUT2D eigenvalue weighted by Gasteiger charge is 2.10. The smallest absolute Gasteiger partial charge is 0.189 e. The van der Waals surface area contributed by atoms with Crippen LogP contribution in [0.3, 0.4) is 0 Å². The first-order valence-corrected chi connectivity index (χ1v) is 7.13. The molecule has 0 heterocycles. The van der Waals surface area contributed by atoms with Gasteiger partial charge in [0.2, 0.25) is 0 Å². The van der Waals surface area contributed by atoms with Crippen LogP contribution >= 0.6 is 15.9 Å². The SMILES string of the molecule is COc1ccc(C(=O)C=Cc2cccc(Br)c2)c(OC)c1. The summed E-state index contributed by atoms with van der Waals surface area (Å²) in [4.78, 5) is 12.3. The number of methoxy groups -OCH3 is 2. The van der Waals surface area contributed by atoms with Crippen molar-refractivity contribution in [3.63, 3.8) is 0 Å². The number of rotatable bonds is 5. The molecule has 0 aliphatic rings. The van der Waals surface area contributed by atoms with Crippen molar-refractivity contribution >= 4 is 27.8 Å². The second-order valence-electron chi connectivity index (χ2n) is 4.32. The Morgan fingerprint density at radius 3 is 2.57 bits per heavy atom. The lowest BCUT2D eigenvalue weighted by molar-refractivity contribution is 0.104. The van der Waals surface area contributed by atoms with Crippen molar-refractivity contribution in [2.75, 3.05) is 14.2 Å². The molecule has 0 aromatic heterocycles. The Kier molecular flexibility index (Phi) is 5.17. The number of carbonyl (C=O) groups is 1. The van der Waals surface area contributed by atoms with E-state index < -0.39 is 0 Å². The van der Waals surface area contributed by atoms with Crippen LogP contribution < -0.4 is 9.47 Å². The zero-order valence-corrected chi connectivity index (χ0v) is 13.4. The maximum atomic E-state index is 12.3. The van der Waals surface area contributed by atoms with Crippen LogP contribution in [-0.2, 0) is 0 Å². The summed E-state index contributed by atoms with van der Waals surface area (Å²) in [7, 11) is 3.10. The largest absolute Gasteiger partial charge is 0.497 e. The van der Waals surface area contributed by atoms with Crippen molar-refractivity contribution < 1.29 is 14.3 Å². The molecule has 0 unspecified atom stereocenters. The fraction of sp³-hybridized carbons (Fsp3) is 0.118. The Balaban J connectivity index is 2.24. The van der Waals surface area contributed by atoms with Gasteiger partial charge in [-0.3, -0.25) is 4.79 Å². The lowest BCUT2D eigenvalue weighted by atomic mass is 10.1. The maximum Gasteiger partial charge on any atom is 0.189 e. The van der Waals surface area contributed by atoms with Gasteiger partial charge in [0.05, 0.1) is 19.8 Å². The molecule has 0 saturated carbocycles. The van der Waals surface area contributed by atoms with Gasteiger partial charge in [0, 0.05) is 10.5 Å². The highest BCUT2D eigenvalue weighted by atomic mass is 79.9. The van der Waals surface area contributed by atoms with Crippen LogP contribution in [0.15, 0.2) is 53.0 Å². The average Bonchev–Trinajstić information content (AvgIpc) is 2.52. The molecule has 0 bridgehead atoms. The average molecular weight is 347 g/mol. The van der Waals surface area contributed by atoms with E-state index in [0.29, 0.717) is 17.1 Å². The van der Waals surface area contributed by atoms with Gasteiger partial charge in [0.25, 0.3) is 0 Å². The fourth-order valence-corrected chi connectivity index (χ4v) is 2.29. The monoisotopic (exact) mass is 346 g/mol. The Labute approximate surface area is 132 Å². The Bertz CT molecular complexity index is 677. The van der Waals surface area contributed by atoms with E-state index in [2.05, 4.69) is 15.9 Å². The van der Waals surface area contributed by atoms with E-state index in [1.54, 1.807) is 31.4 Å².